The van der Waals surface area contributed by atoms with E-state index in [4.69, 9.17) is 4.74 Å². The van der Waals surface area contributed by atoms with Crippen LogP contribution in [0.3, 0.4) is 0 Å². The minimum atomic E-state index is -1.40. The van der Waals surface area contributed by atoms with Crippen molar-refractivity contribution in [2.75, 3.05) is 0 Å². The second kappa shape index (κ2) is 6.62. The minimum absolute atomic E-state index is 0.191. The number of aliphatic hydroxyl groups excluding tert-OH is 1. The number of aliphatic carboxylic acids is 1. The molecule has 0 heterocycles. The van der Waals surface area contributed by atoms with Gasteiger partial charge in [-0.3, -0.25) is 4.79 Å². The summed E-state index contributed by atoms with van der Waals surface area (Å²) in [7, 11) is 0. The lowest BCUT2D eigenvalue weighted by Crippen LogP contribution is -2.28. The van der Waals surface area contributed by atoms with Crippen LogP contribution in [0.4, 0.5) is 0 Å². The van der Waals surface area contributed by atoms with E-state index in [1.165, 1.54) is 12.1 Å². The van der Waals surface area contributed by atoms with E-state index < -0.39 is 23.5 Å². The molecule has 5 heteroatoms. The van der Waals surface area contributed by atoms with Gasteiger partial charge in [0.1, 0.15) is 5.75 Å². The van der Waals surface area contributed by atoms with Crippen LogP contribution in [0.15, 0.2) is 54.6 Å². The lowest BCUT2D eigenvalue weighted by molar-refractivity contribution is -0.144. The molecule has 0 saturated carbocycles. The Balaban J connectivity index is 2.18. The molecule has 23 heavy (non-hydrogen) atoms. The number of carbonyl (C=O) groups is 2. The Morgan fingerprint density at radius 1 is 1.04 bits per heavy atom. The number of aliphatic hydroxyl groups is 1. The van der Waals surface area contributed by atoms with Gasteiger partial charge in [0, 0.05) is 0 Å². The fraction of sp³-hybridized carbons (Fsp3) is 0.222. The number of hydrogen-bond acceptors (Lipinski definition) is 4. The van der Waals surface area contributed by atoms with Crippen molar-refractivity contribution in [3.05, 3.63) is 65.7 Å². The van der Waals surface area contributed by atoms with Crippen molar-refractivity contribution in [1.82, 2.24) is 0 Å². The molecule has 0 fully saturated rings. The van der Waals surface area contributed by atoms with Gasteiger partial charge >= 0.3 is 11.9 Å². The first-order chi connectivity index (χ1) is 10.8. The fourth-order valence-electron chi connectivity index (χ4n) is 2.02. The molecule has 0 saturated heterocycles. The summed E-state index contributed by atoms with van der Waals surface area (Å²) in [5.41, 5.74) is -0.176. The first-order valence-corrected chi connectivity index (χ1v) is 7.11. The van der Waals surface area contributed by atoms with Crippen molar-refractivity contribution in [3.8, 4) is 5.75 Å². The third-order valence-corrected chi connectivity index (χ3v) is 3.65. The van der Waals surface area contributed by atoms with Crippen LogP contribution >= 0.6 is 0 Å². The molecule has 2 rings (SSSR count). The first-order valence-electron chi connectivity index (χ1n) is 7.11. The monoisotopic (exact) mass is 314 g/mol. The third kappa shape index (κ3) is 3.76. The van der Waals surface area contributed by atoms with Crippen LogP contribution in [0, 0.1) is 0 Å². The van der Waals surface area contributed by atoms with E-state index in [-0.39, 0.29) is 5.75 Å². The molecule has 2 aromatic carbocycles. The summed E-state index contributed by atoms with van der Waals surface area (Å²) in [6.45, 7) is 3.13. The first kappa shape index (κ1) is 16.7. The predicted octanol–water partition coefficient (Wildman–Crippen LogP) is 2.69. The number of carbonyl (C=O) groups excluding carboxylic acids is 1. The Bertz CT molecular complexity index is 706. The summed E-state index contributed by atoms with van der Waals surface area (Å²) in [6.07, 6.45) is -1.40. The summed E-state index contributed by atoms with van der Waals surface area (Å²) in [6, 6.07) is 14.7. The van der Waals surface area contributed by atoms with Gasteiger partial charge in [-0.25, -0.2) is 4.79 Å². The molecule has 0 radical (unpaired) electrons. The maximum Gasteiger partial charge on any atom is 0.345 e. The van der Waals surface area contributed by atoms with Crippen LogP contribution in [-0.2, 0) is 15.0 Å². The Morgan fingerprint density at radius 2 is 1.70 bits per heavy atom. The zero-order valence-corrected chi connectivity index (χ0v) is 12.9. The van der Waals surface area contributed by atoms with E-state index in [2.05, 4.69) is 0 Å². The van der Waals surface area contributed by atoms with Gasteiger partial charge in [0.05, 0.1) is 5.41 Å². The molecule has 1 unspecified atom stereocenters. The molecule has 0 bridgehead atoms. The van der Waals surface area contributed by atoms with Gasteiger partial charge in [0.2, 0.25) is 0 Å². The van der Waals surface area contributed by atoms with E-state index >= 15 is 0 Å². The van der Waals surface area contributed by atoms with Crippen LogP contribution in [0.1, 0.15) is 31.1 Å². The van der Waals surface area contributed by atoms with Crippen LogP contribution < -0.4 is 4.74 Å². The summed E-state index contributed by atoms with van der Waals surface area (Å²) in [5.74, 6) is -1.61. The Hall–Kier alpha value is -2.66. The Kier molecular flexibility index (Phi) is 4.81. The minimum Gasteiger partial charge on any atom is -0.481 e. The SMILES string of the molecule is CC(C)(C(=O)O)c1cccc(OC(=O)C(O)c2ccccc2)c1. The third-order valence-electron chi connectivity index (χ3n) is 3.65. The van der Waals surface area contributed by atoms with Crippen LogP contribution in [0.25, 0.3) is 0 Å². The zero-order valence-electron chi connectivity index (χ0n) is 12.9. The fourth-order valence-corrected chi connectivity index (χ4v) is 2.02. The molecule has 5 nitrogen and oxygen atoms in total. The zero-order chi connectivity index (χ0) is 17.0. The van der Waals surface area contributed by atoms with Crippen LogP contribution in [0.5, 0.6) is 5.75 Å². The molecule has 0 aliphatic heterocycles. The number of esters is 1. The van der Waals surface area contributed by atoms with E-state index in [0.717, 1.165) is 0 Å². The normalized spacial score (nSPS) is 12.5. The molecule has 0 aliphatic carbocycles. The summed E-state index contributed by atoms with van der Waals surface area (Å²) >= 11 is 0. The number of carboxylic acid groups (broad SMARTS) is 1. The molecule has 1 atom stereocenters. The lowest BCUT2D eigenvalue weighted by Gasteiger charge is -2.20. The highest BCUT2D eigenvalue weighted by molar-refractivity contribution is 5.81. The molecule has 2 N–H and O–H groups in total. The van der Waals surface area contributed by atoms with Crippen molar-refractivity contribution >= 4 is 11.9 Å². The van der Waals surface area contributed by atoms with Crippen LogP contribution in [-0.4, -0.2) is 22.2 Å². The summed E-state index contributed by atoms with van der Waals surface area (Å²) < 4.78 is 5.16. The van der Waals surface area contributed by atoms with Crippen molar-refractivity contribution in [3.63, 3.8) is 0 Å². The Morgan fingerprint density at radius 3 is 2.30 bits per heavy atom. The lowest BCUT2D eigenvalue weighted by atomic mass is 9.85. The second-order valence-corrected chi connectivity index (χ2v) is 5.69. The van der Waals surface area contributed by atoms with Crippen LogP contribution in [0.2, 0.25) is 0 Å². The van der Waals surface area contributed by atoms with Crippen molar-refractivity contribution < 1.29 is 24.5 Å². The predicted molar refractivity (Wildman–Crippen MR) is 84.1 cm³/mol. The van der Waals surface area contributed by atoms with Gasteiger partial charge in [-0.1, -0.05) is 42.5 Å². The van der Waals surface area contributed by atoms with Crippen molar-refractivity contribution in [1.29, 1.82) is 0 Å². The van der Waals surface area contributed by atoms with E-state index in [0.29, 0.717) is 11.1 Å². The highest BCUT2D eigenvalue weighted by Gasteiger charge is 2.30. The standard InChI is InChI=1S/C18H18O5/c1-18(2,17(21)22)13-9-6-10-14(11-13)23-16(20)15(19)12-7-4-3-5-8-12/h3-11,15,19H,1-2H3,(H,21,22). The molecular formula is C18H18O5. The van der Waals surface area contributed by atoms with Crippen molar-refractivity contribution in [2.45, 2.75) is 25.4 Å². The molecule has 2 aromatic rings. The molecule has 0 spiro atoms. The molecular weight excluding hydrogens is 296 g/mol. The molecule has 0 aliphatic rings. The maximum atomic E-state index is 12.0. The van der Waals surface area contributed by atoms with Gasteiger partial charge in [0.15, 0.2) is 6.10 Å². The smallest absolute Gasteiger partial charge is 0.345 e. The van der Waals surface area contributed by atoms with Crippen molar-refractivity contribution in [2.24, 2.45) is 0 Å². The maximum absolute atomic E-state index is 12.0. The van der Waals surface area contributed by atoms with E-state index in [1.54, 1.807) is 56.3 Å². The van der Waals surface area contributed by atoms with Gasteiger partial charge in [0.25, 0.3) is 0 Å². The quantitative estimate of drug-likeness (QED) is 0.655. The molecule has 0 amide bonds. The summed E-state index contributed by atoms with van der Waals surface area (Å²) in [5, 5.41) is 19.3. The number of ether oxygens (including phenoxy) is 1. The average molecular weight is 314 g/mol. The van der Waals surface area contributed by atoms with Gasteiger partial charge in [-0.2, -0.15) is 0 Å². The highest BCUT2D eigenvalue weighted by Crippen LogP contribution is 2.27. The van der Waals surface area contributed by atoms with E-state index in [1.807, 2.05) is 0 Å². The number of benzene rings is 2. The topological polar surface area (TPSA) is 83.8 Å². The van der Waals surface area contributed by atoms with Gasteiger partial charge < -0.3 is 14.9 Å². The second-order valence-electron chi connectivity index (χ2n) is 5.69. The highest BCUT2D eigenvalue weighted by atomic mass is 16.5. The molecule has 0 aromatic heterocycles. The average Bonchev–Trinajstić information content (AvgIpc) is 2.55. The number of rotatable bonds is 5. The molecule has 120 valence electrons. The Labute approximate surface area is 134 Å². The number of hydrogen-bond donors (Lipinski definition) is 2. The summed E-state index contributed by atoms with van der Waals surface area (Å²) in [4.78, 5) is 23.3. The van der Waals surface area contributed by atoms with Gasteiger partial charge in [-0.05, 0) is 37.1 Å². The van der Waals surface area contributed by atoms with E-state index in [9.17, 15) is 19.8 Å². The van der Waals surface area contributed by atoms with Gasteiger partial charge in [-0.15, -0.1) is 0 Å². The largest absolute Gasteiger partial charge is 0.481 e. The number of carboxylic acids is 1.